The monoisotopic (exact) mass is 366 g/mol. The average molecular weight is 367 g/mol. The van der Waals surface area contributed by atoms with Crippen LogP contribution in [0.1, 0.15) is 5.56 Å². The molecule has 2 aliphatic heterocycles. The van der Waals surface area contributed by atoms with Crippen LogP contribution in [0.15, 0.2) is 29.2 Å². The van der Waals surface area contributed by atoms with E-state index in [-0.39, 0.29) is 17.4 Å². The standard InChI is InChI=1S/C16H15ClN2O4S/c17-12-3-1-2-11(8-12)9-13-15(21)19(16(22)24-13)10-14(20)18-4-6-23-7-5-18/h1-3,8-9H,4-7,10H2/b13-9-. The highest BCUT2D eigenvalue weighted by Crippen LogP contribution is 2.32. The van der Waals surface area contributed by atoms with E-state index in [0.717, 1.165) is 22.2 Å². The molecular weight excluding hydrogens is 352 g/mol. The summed E-state index contributed by atoms with van der Waals surface area (Å²) in [5.74, 6) is -0.698. The number of benzene rings is 1. The molecule has 0 spiro atoms. The Labute approximate surface area is 148 Å². The van der Waals surface area contributed by atoms with Crippen molar-refractivity contribution in [2.45, 2.75) is 0 Å². The second kappa shape index (κ2) is 7.38. The van der Waals surface area contributed by atoms with Crippen LogP contribution in [0.5, 0.6) is 0 Å². The van der Waals surface area contributed by atoms with Gasteiger partial charge in [0.25, 0.3) is 11.1 Å². The van der Waals surface area contributed by atoms with Gasteiger partial charge in [-0.15, -0.1) is 0 Å². The minimum atomic E-state index is -0.452. The number of carbonyl (C=O) groups excluding carboxylic acids is 3. The Hall–Kier alpha value is -1.83. The number of morpholine rings is 1. The van der Waals surface area contributed by atoms with Crippen LogP contribution < -0.4 is 0 Å². The van der Waals surface area contributed by atoms with Crippen molar-refractivity contribution in [2.75, 3.05) is 32.8 Å². The SMILES string of the molecule is O=C(CN1C(=O)S/C(=C\c2cccc(Cl)c2)C1=O)N1CCOCC1. The van der Waals surface area contributed by atoms with E-state index in [9.17, 15) is 14.4 Å². The van der Waals surface area contributed by atoms with Gasteiger partial charge in [-0.05, 0) is 35.5 Å². The van der Waals surface area contributed by atoms with E-state index in [2.05, 4.69) is 0 Å². The lowest BCUT2D eigenvalue weighted by Crippen LogP contribution is -2.46. The molecule has 3 amide bonds. The number of hydrogen-bond acceptors (Lipinski definition) is 5. The van der Waals surface area contributed by atoms with Gasteiger partial charge in [-0.25, -0.2) is 0 Å². The molecule has 0 atom stereocenters. The summed E-state index contributed by atoms with van der Waals surface area (Å²) in [5, 5.41) is 0.111. The molecule has 0 saturated carbocycles. The zero-order valence-electron chi connectivity index (χ0n) is 12.7. The molecule has 0 aromatic heterocycles. The molecule has 0 radical (unpaired) electrons. The Morgan fingerprint density at radius 1 is 1.29 bits per heavy atom. The number of imide groups is 1. The third kappa shape index (κ3) is 3.80. The van der Waals surface area contributed by atoms with Crippen molar-refractivity contribution >= 4 is 46.5 Å². The van der Waals surface area contributed by atoms with Crippen molar-refractivity contribution < 1.29 is 19.1 Å². The first-order valence-electron chi connectivity index (χ1n) is 7.41. The van der Waals surface area contributed by atoms with Crippen molar-refractivity contribution in [1.82, 2.24) is 9.80 Å². The number of nitrogens with zero attached hydrogens (tertiary/aromatic N) is 2. The maximum absolute atomic E-state index is 12.4. The van der Waals surface area contributed by atoms with E-state index in [1.165, 1.54) is 0 Å². The first-order valence-corrected chi connectivity index (χ1v) is 8.60. The normalized spacial score (nSPS) is 20.1. The smallest absolute Gasteiger partial charge is 0.294 e. The van der Waals surface area contributed by atoms with E-state index in [1.807, 2.05) is 0 Å². The number of carbonyl (C=O) groups is 3. The van der Waals surface area contributed by atoms with Gasteiger partial charge in [-0.2, -0.15) is 0 Å². The molecule has 2 aliphatic rings. The first-order chi connectivity index (χ1) is 11.5. The summed E-state index contributed by atoms with van der Waals surface area (Å²) in [6.45, 7) is 1.67. The topological polar surface area (TPSA) is 66.9 Å². The molecule has 0 aliphatic carbocycles. The van der Waals surface area contributed by atoms with E-state index < -0.39 is 11.1 Å². The molecule has 126 valence electrons. The Kier molecular flexibility index (Phi) is 5.23. The van der Waals surface area contributed by atoms with Gasteiger partial charge < -0.3 is 9.64 Å². The predicted molar refractivity (Wildman–Crippen MR) is 91.5 cm³/mol. The Morgan fingerprint density at radius 2 is 2.04 bits per heavy atom. The molecule has 0 N–H and O–H groups in total. The average Bonchev–Trinajstić information content (AvgIpc) is 2.83. The Balaban J connectivity index is 1.71. The summed E-state index contributed by atoms with van der Waals surface area (Å²) in [6.07, 6.45) is 1.61. The summed E-state index contributed by atoms with van der Waals surface area (Å²) in [5.41, 5.74) is 0.729. The zero-order valence-corrected chi connectivity index (χ0v) is 14.3. The molecular formula is C16H15ClN2O4S. The maximum atomic E-state index is 12.4. The molecule has 1 aromatic carbocycles. The van der Waals surface area contributed by atoms with Crippen LogP contribution in [0, 0.1) is 0 Å². The number of ether oxygens (including phenoxy) is 1. The van der Waals surface area contributed by atoms with Crippen LogP contribution in [0.2, 0.25) is 5.02 Å². The predicted octanol–water partition coefficient (Wildman–Crippen LogP) is 2.24. The number of halogens is 1. The van der Waals surface area contributed by atoms with Crippen molar-refractivity contribution in [3.8, 4) is 0 Å². The summed E-state index contributed by atoms with van der Waals surface area (Å²) >= 11 is 6.75. The van der Waals surface area contributed by atoms with Gasteiger partial charge in [-0.3, -0.25) is 19.3 Å². The molecule has 0 unspecified atom stereocenters. The van der Waals surface area contributed by atoms with Crippen molar-refractivity contribution in [1.29, 1.82) is 0 Å². The van der Waals surface area contributed by atoms with Crippen LogP contribution in [0.4, 0.5) is 4.79 Å². The van der Waals surface area contributed by atoms with Gasteiger partial charge in [-0.1, -0.05) is 23.7 Å². The van der Waals surface area contributed by atoms with Crippen molar-refractivity contribution in [3.05, 3.63) is 39.8 Å². The van der Waals surface area contributed by atoms with Crippen LogP contribution in [-0.4, -0.2) is 59.7 Å². The third-order valence-electron chi connectivity index (χ3n) is 3.68. The zero-order chi connectivity index (χ0) is 17.1. The molecule has 2 saturated heterocycles. The number of hydrogen-bond donors (Lipinski definition) is 0. The van der Waals surface area contributed by atoms with E-state index in [0.29, 0.717) is 31.3 Å². The highest BCUT2D eigenvalue weighted by molar-refractivity contribution is 8.18. The number of thioether (sulfide) groups is 1. The van der Waals surface area contributed by atoms with Gasteiger partial charge >= 0.3 is 0 Å². The number of rotatable bonds is 3. The van der Waals surface area contributed by atoms with Crippen molar-refractivity contribution in [2.24, 2.45) is 0 Å². The Morgan fingerprint density at radius 3 is 2.75 bits per heavy atom. The largest absolute Gasteiger partial charge is 0.378 e. The lowest BCUT2D eigenvalue weighted by atomic mass is 10.2. The van der Waals surface area contributed by atoms with Crippen LogP contribution in [0.25, 0.3) is 6.08 Å². The molecule has 3 rings (SSSR count). The van der Waals surface area contributed by atoms with Gasteiger partial charge in [0.1, 0.15) is 6.54 Å². The van der Waals surface area contributed by atoms with Gasteiger partial charge in [0.15, 0.2) is 0 Å². The first kappa shape index (κ1) is 17.0. The Bertz CT molecular complexity index is 716. The second-order valence-corrected chi connectivity index (χ2v) is 6.75. The summed E-state index contributed by atoms with van der Waals surface area (Å²) < 4.78 is 5.19. The maximum Gasteiger partial charge on any atom is 0.294 e. The second-order valence-electron chi connectivity index (χ2n) is 5.32. The quantitative estimate of drug-likeness (QED) is 0.767. The highest BCUT2D eigenvalue weighted by Gasteiger charge is 2.37. The molecule has 8 heteroatoms. The lowest BCUT2D eigenvalue weighted by molar-refractivity contribution is -0.139. The fraction of sp³-hybridized carbons (Fsp3) is 0.312. The lowest BCUT2D eigenvalue weighted by Gasteiger charge is -2.28. The molecule has 0 bridgehead atoms. The minimum absolute atomic E-state index is 0.239. The third-order valence-corrected chi connectivity index (χ3v) is 4.82. The minimum Gasteiger partial charge on any atom is -0.378 e. The fourth-order valence-electron chi connectivity index (χ4n) is 2.43. The highest BCUT2D eigenvalue weighted by atomic mass is 35.5. The van der Waals surface area contributed by atoms with Crippen LogP contribution in [-0.2, 0) is 14.3 Å². The van der Waals surface area contributed by atoms with Gasteiger partial charge in [0.2, 0.25) is 5.91 Å². The van der Waals surface area contributed by atoms with Gasteiger partial charge in [0, 0.05) is 18.1 Å². The van der Waals surface area contributed by atoms with Crippen molar-refractivity contribution in [3.63, 3.8) is 0 Å². The van der Waals surface area contributed by atoms with Crippen LogP contribution >= 0.6 is 23.4 Å². The summed E-state index contributed by atoms with van der Waals surface area (Å²) in [6, 6.07) is 6.99. The van der Waals surface area contributed by atoms with E-state index in [4.69, 9.17) is 16.3 Å². The van der Waals surface area contributed by atoms with Crippen LogP contribution in [0.3, 0.4) is 0 Å². The number of amides is 3. The molecule has 2 heterocycles. The summed E-state index contributed by atoms with van der Waals surface area (Å²) in [4.78, 5) is 39.6. The fourth-order valence-corrected chi connectivity index (χ4v) is 3.47. The van der Waals surface area contributed by atoms with Gasteiger partial charge in [0.05, 0.1) is 18.1 Å². The molecule has 24 heavy (non-hydrogen) atoms. The molecule has 6 nitrogen and oxygen atoms in total. The van der Waals surface area contributed by atoms with E-state index >= 15 is 0 Å². The molecule has 1 aromatic rings. The summed E-state index contributed by atoms with van der Waals surface area (Å²) in [7, 11) is 0. The van der Waals surface area contributed by atoms with E-state index in [1.54, 1.807) is 35.2 Å². The molecule has 2 fully saturated rings.